The van der Waals surface area contributed by atoms with Gasteiger partial charge in [0.25, 0.3) is 0 Å². The Morgan fingerprint density at radius 1 is 1.35 bits per heavy atom. The average molecular weight is 339 g/mol. The Kier molecular flexibility index (Phi) is 5.70. The van der Waals surface area contributed by atoms with Crippen molar-refractivity contribution in [1.82, 2.24) is 20.3 Å². The molecule has 0 radical (unpaired) electrons. The van der Waals surface area contributed by atoms with Crippen molar-refractivity contribution < 1.29 is 5.11 Å². The maximum Gasteiger partial charge on any atom is 0.0965 e. The van der Waals surface area contributed by atoms with Gasteiger partial charge in [0.15, 0.2) is 0 Å². The van der Waals surface area contributed by atoms with Crippen LogP contribution < -0.4 is 5.32 Å². The van der Waals surface area contributed by atoms with E-state index < -0.39 is 0 Å². The number of aromatic nitrogens is 3. The quantitative estimate of drug-likeness (QED) is 0.812. The topological polar surface area (TPSA) is 63.0 Å². The van der Waals surface area contributed by atoms with Crippen LogP contribution in [0.2, 0.25) is 0 Å². The summed E-state index contributed by atoms with van der Waals surface area (Å²) in [5.74, 6) is 0. The van der Waals surface area contributed by atoms with E-state index in [9.17, 15) is 0 Å². The molecule has 2 N–H and O–H groups in total. The summed E-state index contributed by atoms with van der Waals surface area (Å²) in [7, 11) is 0. The fourth-order valence-corrected chi connectivity index (χ4v) is 2.15. The van der Waals surface area contributed by atoms with Crippen LogP contribution in [0.5, 0.6) is 0 Å². The lowest BCUT2D eigenvalue weighted by molar-refractivity contribution is 0.276. The van der Waals surface area contributed by atoms with E-state index in [4.69, 9.17) is 5.11 Å². The van der Waals surface area contributed by atoms with Crippen LogP contribution in [0.25, 0.3) is 0 Å². The highest BCUT2D eigenvalue weighted by atomic mass is 79.9. The molecule has 5 nitrogen and oxygen atoms in total. The van der Waals surface area contributed by atoms with E-state index in [0.29, 0.717) is 19.5 Å². The number of hydrogen-bond acceptors (Lipinski definition) is 4. The highest BCUT2D eigenvalue weighted by Crippen LogP contribution is 2.16. The Hall–Kier alpha value is -1.24. The predicted octanol–water partition coefficient (Wildman–Crippen LogP) is 2.27. The lowest BCUT2D eigenvalue weighted by Crippen LogP contribution is -2.18. The number of benzene rings is 1. The Morgan fingerprint density at radius 3 is 2.80 bits per heavy atom. The molecule has 0 aliphatic heterocycles. The van der Waals surface area contributed by atoms with Crippen molar-refractivity contribution in [2.75, 3.05) is 6.61 Å². The molecule has 0 aliphatic rings. The zero-order chi connectivity index (χ0) is 14.4. The Balaban J connectivity index is 1.85. The number of nitrogens with one attached hydrogen (secondary N) is 1. The molecule has 0 amide bonds. The summed E-state index contributed by atoms with van der Waals surface area (Å²) in [5.41, 5.74) is 2.15. The monoisotopic (exact) mass is 338 g/mol. The SMILES string of the molecule is C[C@H](NCc1cn(CCCO)nn1)c1ccc(Br)cc1. The van der Waals surface area contributed by atoms with Gasteiger partial charge in [-0.3, -0.25) is 4.68 Å². The minimum Gasteiger partial charge on any atom is -0.396 e. The van der Waals surface area contributed by atoms with Gasteiger partial charge in [0.2, 0.25) is 0 Å². The van der Waals surface area contributed by atoms with Crippen molar-refractivity contribution in [1.29, 1.82) is 0 Å². The molecular weight excluding hydrogens is 320 g/mol. The van der Waals surface area contributed by atoms with Crippen LogP contribution in [-0.4, -0.2) is 26.7 Å². The van der Waals surface area contributed by atoms with Gasteiger partial charge in [-0.05, 0) is 31.0 Å². The molecule has 1 atom stereocenters. The van der Waals surface area contributed by atoms with Crippen molar-refractivity contribution in [2.45, 2.75) is 32.5 Å². The molecule has 20 heavy (non-hydrogen) atoms. The van der Waals surface area contributed by atoms with Crippen molar-refractivity contribution in [3.05, 3.63) is 46.2 Å². The average Bonchev–Trinajstić information content (AvgIpc) is 2.91. The molecular formula is C14H19BrN4O. The van der Waals surface area contributed by atoms with E-state index in [-0.39, 0.29) is 12.6 Å². The van der Waals surface area contributed by atoms with Crippen LogP contribution in [-0.2, 0) is 13.1 Å². The molecule has 2 aromatic rings. The number of aliphatic hydroxyl groups excluding tert-OH is 1. The lowest BCUT2D eigenvalue weighted by atomic mass is 10.1. The molecule has 0 spiro atoms. The largest absolute Gasteiger partial charge is 0.396 e. The summed E-state index contributed by atoms with van der Waals surface area (Å²) in [6.45, 7) is 3.68. The number of halogens is 1. The molecule has 0 saturated heterocycles. The van der Waals surface area contributed by atoms with Crippen LogP contribution in [0.4, 0.5) is 0 Å². The minimum absolute atomic E-state index is 0.175. The van der Waals surface area contributed by atoms with E-state index in [2.05, 4.69) is 50.6 Å². The molecule has 0 unspecified atom stereocenters. The second-order valence-electron chi connectivity index (χ2n) is 4.70. The van der Waals surface area contributed by atoms with Crippen molar-refractivity contribution in [2.24, 2.45) is 0 Å². The van der Waals surface area contributed by atoms with Crippen LogP contribution in [0, 0.1) is 0 Å². The second-order valence-corrected chi connectivity index (χ2v) is 5.62. The van der Waals surface area contributed by atoms with E-state index in [1.807, 2.05) is 18.3 Å². The van der Waals surface area contributed by atoms with E-state index in [1.165, 1.54) is 5.56 Å². The first kappa shape index (κ1) is 15.2. The zero-order valence-electron chi connectivity index (χ0n) is 11.5. The van der Waals surface area contributed by atoms with Crippen LogP contribution >= 0.6 is 15.9 Å². The van der Waals surface area contributed by atoms with Gasteiger partial charge < -0.3 is 10.4 Å². The molecule has 108 valence electrons. The first-order valence-electron chi connectivity index (χ1n) is 6.68. The van der Waals surface area contributed by atoms with Crippen LogP contribution in [0.1, 0.15) is 30.6 Å². The zero-order valence-corrected chi connectivity index (χ0v) is 13.0. The van der Waals surface area contributed by atoms with Crippen molar-refractivity contribution in [3.8, 4) is 0 Å². The fourth-order valence-electron chi connectivity index (χ4n) is 1.89. The van der Waals surface area contributed by atoms with Gasteiger partial charge >= 0.3 is 0 Å². The van der Waals surface area contributed by atoms with Gasteiger partial charge in [-0.25, -0.2) is 0 Å². The van der Waals surface area contributed by atoms with Crippen LogP contribution in [0.3, 0.4) is 0 Å². The lowest BCUT2D eigenvalue weighted by Gasteiger charge is -2.13. The van der Waals surface area contributed by atoms with E-state index in [1.54, 1.807) is 4.68 Å². The highest BCUT2D eigenvalue weighted by Gasteiger charge is 2.06. The first-order valence-corrected chi connectivity index (χ1v) is 7.47. The minimum atomic E-state index is 0.175. The van der Waals surface area contributed by atoms with Gasteiger partial charge in [-0.1, -0.05) is 33.3 Å². The smallest absolute Gasteiger partial charge is 0.0965 e. The van der Waals surface area contributed by atoms with E-state index >= 15 is 0 Å². The molecule has 0 bridgehead atoms. The molecule has 0 fully saturated rings. The maximum atomic E-state index is 8.78. The second kappa shape index (κ2) is 7.52. The standard InChI is InChI=1S/C14H19BrN4O/c1-11(12-3-5-13(15)6-4-12)16-9-14-10-19(18-17-14)7-2-8-20/h3-6,10-11,16,20H,2,7-9H2,1H3/t11-/m0/s1. The summed E-state index contributed by atoms with van der Waals surface area (Å²) >= 11 is 3.43. The number of aliphatic hydroxyl groups is 1. The molecule has 1 aromatic heterocycles. The Morgan fingerprint density at radius 2 is 2.10 bits per heavy atom. The third-order valence-corrected chi connectivity index (χ3v) is 3.62. The number of aryl methyl sites for hydroxylation is 1. The summed E-state index contributed by atoms with van der Waals surface area (Å²) in [6, 6.07) is 8.53. The highest BCUT2D eigenvalue weighted by molar-refractivity contribution is 9.10. The molecule has 1 aromatic carbocycles. The van der Waals surface area contributed by atoms with Crippen molar-refractivity contribution in [3.63, 3.8) is 0 Å². The van der Waals surface area contributed by atoms with Gasteiger partial charge in [0, 0.05) is 36.4 Å². The van der Waals surface area contributed by atoms with Gasteiger partial charge in [-0.15, -0.1) is 5.10 Å². The van der Waals surface area contributed by atoms with Crippen LogP contribution in [0.15, 0.2) is 34.9 Å². The fraction of sp³-hybridized carbons (Fsp3) is 0.429. The van der Waals surface area contributed by atoms with Crippen molar-refractivity contribution >= 4 is 15.9 Å². The summed E-state index contributed by atoms with van der Waals surface area (Å²) in [5, 5.41) is 20.3. The third kappa shape index (κ3) is 4.40. The number of hydrogen-bond donors (Lipinski definition) is 2. The molecule has 0 aliphatic carbocycles. The normalized spacial score (nSPS) is 12.6. The molecule has 6 heteroatoms. The summed E-state index contributed by atoms with van der Waals surface area (Å²) in [6.07, 6.45) is 2.61. The molecule has 1 heterocycles. The molecule has 0 saturated carbocycles. The first-order chi connectivity index (χ1) is 9.69. The third-order valence-electron chi connectivity index (χ3n) is 3.09. The van der Waals surface area contributed by atoms with Gasteiger partial charge in [-0.2, -0.15) is 0 Å². The number of nitrogens with zero attached hydrogens (tertiary/aromatic N) is 3. The Bertz CT molecular complexity index is 526. The predicted molar refractivity (Wildman–Crippen MR) is 81.1 cm³/mol. The summed E-state index contributed by atoms with van der Waals surface area (Å²) < 4.78 is 2.85. The Labute approximate surface area is 127 Å². The molecule has 2 rings (SSSR count). The van der Waals surface area contributed by atoms with Gasteiger partial charge in [0.1, 0.15) is 0 Å². The maximum absolute atomic E-state index is 8.78. The van der Waals surface area contributed by atoms with Gasteiger partial charge in [0.05, 0.1) is 5.69 Å². The summed E-state index contributed by atoms with van der Waals surface area (Å²) in [4.78, 5) is 0. The number of rotatable bonds is 7. The van der Waals surface area contributed by atoms with E-state index in [0.717, 1.165) is 10.2 Å².